The number of carbonyl (C=O) groups is 1. The number of ketones is 1. The zero-order valence-electron chi connectivity index (χ0n) is 7.91. The second-order valence-corrected chi connectivity index (χ2v) is 3.95. The van der Waals surface area contributed by atoms with Crippen molar-refractivity contribution in [3.63, 3.8) is 0 Å². The molecule has 0 fully saturated rings. The number of nitrogens with zero attached hydrogens (tertiary/aromatic N) is 1. The smallest absolute Gasteiger partial charge is 0.178 e. The highest BCUT2D eigenvalue weighted by Crippen LogP contribution is 2.17. The van der Waals surface area contributed by atoms with E-state index in [1.807, 2.05) is 6.07 Å². The molecule has 70 valence electrons. The number of hydrogen-bond donors (Lipinski definition) is 0. The molecule has 1 aromatic rings. The van der Waals surface area contributed by atoms with Crippen LogP contribution in [0.2, 0.25) is 0 Å². The van der Waals surface area contributed by atoms with Crippen LogP contribution in [0.3, 0.4) is 0 Å². The standard InChI is InChI=1S/C10H13NOS/c1-3-6-13-9-4-5-10(8(2)12)11-7-9/h4-5,7H,3,6H2,1-2H3. The van der Waals surface area contributed by atoms with Crippen LogP contribution in [0.1, 0.15) is 30.8 Å². The minimum Gasteiger partial charge on any atom is -0.293 e. The highest BCUT2D eigenvalue weighted by atomic mass is 32.2. The van der Waals surface area contributed by atoms with Gasteiger partial charge >= 0.3 is 0 Å². The molecule has 1 aromatic heterocycles. The molecular formula is C10H13NOS. The van der Waals surface area contributed by atoms with Crippen molar-refractivity contribution in [3.05, 3.63) is 24.0 Å². The Hall–Kier alpha value is -0.830. The molecule has 0 N–H and O–H groups in total. The van der Waals surface area contributed by atoms with Gasteiger partial charge in [0.25, 0.3) is 0 Å². The van der Waals surface area contributed by atoms with Crippen LogP contribution in [-0.2, 0) is 0 Å². The molecule has 0 radical (unpaired) electrons. The molecule has 0 saturated heterocycles. The number of pyridine rings is 1. The molecule has 2 nitrogen and oxygen atoms in total. The molecule has 0 amide bonds. The lowest BCUT2D eigenvalue weighted by atomic mass is 10.3. The van der Waals surface area contributed by atoms with Gasteiger partial charge in [-0.15, -0.1) is 11.8 Å². The van der Waals surface area contributed by atoms with Crippen LogP contribution in [0.15, 0.2) is 23.2 Å². The summed E-state index contributed by atoms with van der Waals surface area (Å²) < 4.78 is 0. The van der Waals surface area contributed by atoms with Gasteiger partial charge in [0.1, 0.15) is 5.69 Å². The molecule has 0 aliphatic carbocycles. The third-order valence-electron chi connectivity index (χ3n) is 1.57. The van der Waals surface area contributed by atoms with E-state index < -0.39 is 0 Å². The van der Waals surface area contributed by atoms with Crippen molar-refractivity contribution in [1.82, 2.24) is 4.98 Å². The lowest BCUT2D eigenvalue weighted by Gasteiger charge is -1.99. The van der Waals surface area contributed by atoms with Gasteiger partial charge in [-0.2, -0.15) is 0 Å². The lowest BCUT2D eigenvalue weighted by Crippen LogP contribution is -1.95. The summed E-state index contributed by atoms with van der Waals surface area (Å²) in [4.78, 5) is 16.1. The van der Waals surface area contributed by atoms with E-state index in [2.05, 4.69) is 11.9 Å². The van der Waals surface area contributed by atoms with Crippen molar-refractivity contribution in [2.24, 2.45) is 0 Å². The monoisotopic (exact) mass is 195 g/mol. The van der Waals surface area contributed by atoms with E-state index in [1.165, 1.54) is 6.92 Å². The number of Topliss-reactive ketones (excluding diaryl/α,β-unsaturated/α-hetero) is 1. The van der Waals surface area contributed by atoms with Crippen LogP contribution in [-0.4, -0.2) is 16.5 Å². The van der Waals surface area contributed by atoms with Crippen LogP contribution >= 0.6 is 11.8 Å². The Morgan fingerprint density at radius 1 is 1.54 bits per heavy atom. The maximum absolute atomic E-state index is 10.9. The Morgan fingerprint density at radius 3 is 2.77 bits per heavy atom. The van der Waals surface area contributed by atoms with Gasteiger partial charge in [-0.1, -0.05) is 6.92 Å². The van der Waals surface area contributed by atoms with E-state index in [4.69, 9.17) is 0 Å². The molecule has 0 aromatic carbocycles. The summed E-state index contributed by atoms with van der Waals surface area (Å²) in [6.45, 7) is 3.67. The maximum atomic E-state index is 10.9. The summed E-state index contributed by atoms with van der Waals surface area (Å²) in [7, 11) is 0. The van der Waals surface area contributed by atoms with Crippen molar-refractivity contribution < 1.29 is 4.79 Å². The zero-order chi connectivity index (χ0) is 9.68. The quantitative estimate of drug-likeness (QED) is 0.546. The topological polar surface area (TPSA) is 30.0 Å². The average Bonchev–Trinajstić information content (AvgIpc) is 2.15. The summed E-state index contributed by atoms with van der Waals surface area (Å²) in [6, 6.07) is 3.73. The SMILES string of the molecule is CCCSc1ccc(C(C)=O)nc1. The molecule has 0 atom stereocenters. The first-order chi connectivity index (χ1) is 6.24. The Labute approximate surface area is 82.8 Å². The fourth-order valence-corrected chi connectivity index (χ4v) is 1.63. The van der Waals surface area contributed by atoms with Crippen molar-refractivity contribution in [1.29, 1.82) is 0 Å². The van der Waals surface area contributed by atoms with Crippen molar-refractivity contribution in [2.75, 3.05) is 5.75 Å². The predicted octanol–water partition coefficient (Wildman–Crippen LogP) is 2.79. The molecule has 0 aliphatic heterocycles. The highest BCUT2D eigenvalue weighted by Gasteiger charge is 1.99. The van der Waals surface area contributed by atoms with Gasteiger partial charge in [0, 0.05) is 18.0 Å². The van der Waals surface area contributed by atoms with Crippen LogP contribution < -0.4 is 0 Å². The minimum absolute atomic E-state index is 0.0204. The van der Waals surface area contributed by atoms with Crippen LogP contribution in [0, 0.1) is 0 Å². The fourth-order valence-electron chi connectivity index (χ4n) is 0.894. The molecular weight excluding hydrogens is 182 g/mol. The first-order valence-corrected chi connectivity index (χ1v) is 5.32. The zero-order valence-corrected chi connectivity index (χ0v) is 8.73. The fraction of sp³-hybridized carbons (Fsp3) is 0.400. The van der Waals surface area contributed by atoms with Gasteiger partial charge in [-0.05, 0) is 24.3 Å². The predicted molar refractivity (Wildman–Crippen MR) is 55.3 cm³/mol. The van der Waals surface area contributed by atoms with Crippen LogP contribution in [0.25, 0.3) is 0 Å². The van der Waals surface area contributed by atoms with Gasteiger partial charge in [-0.25, -0.2) is 0 Å². The number of carbonyl (C=O) groups excluding carboxylic acids is 1. The first kappa shape index (κ1) is 10.3. The Bertz CT molecular complexity index is 281. The van der Waals surface area contributed by atoms with E-state index in [0.29, 0.717) is 5.69 Å². The summed E-state index contributed by atoms with van der Waals surface area (Å²) in [5, 5.41) is 0. The first-order valence-electron chi connectivity index (χ1n) is 4.34. The number of aromatic nitrogens is 1. The average molecular weight is 195 g/mol. The van der Waals surface area contributed by atoms with Gasteiger partial charge in [0.15, 0.2) is 5.78 Å². The van der Waals surface area contributed by atoms with Crippen LogP contribution in [0.4, 0.5) is 0 Å². The third kappa shape index (κ3) is 3.19. The largest absolute Gasteiger partial charge is 0.293 e. The maximum Gasteiger partial charge on any atom is 0.178 e. The van der Waals surface area contributed by atoms with Crippen molar-refractivity contribution in [2.45, 2.75) is 25.2 Å². The molecule has 1 heterocycles. The Morgan fingerprint density at radius 2 is 2.31 bits per heavy atom. The van der Waals surface area contributed by atoms with Gasteiger partial charge in [-0.3, -0.25) is 9.78 Å². The molecule has 0 aliphatic rings. The third-order valence-corrected chi connectivity index (χ3v) is 2.76. The van der Waals surface area contributed by atoms with E-state index >= 15 is 0 Å². The van der Waals surface area contributed by atoms with Gasteiger partial charge in [0.2, 0.25) is 0 Å². The van der Waals surface area contributed by atoms with Gasteiger partial charge in [0.05, 0.1) is 0 Å². The normalized spacial score (nSPS) is 10.0. The molecule has 0 unspecified atom stereocenters. The number of hydrogen-bond acceptors (Lipinski definition) is 3. The van der Waals surface area contributed by atoms with Gasteiger partial charge < -0.3 is 0 Å². The summed E-state index contributed by atoms with van der Waals surface area (Å²) in [6.07, 6.45) is 2.91. The van der Waals surface area contributed by atoms with E-state index in [1.54, 1.807) is 24.0 Å². The van der Waals surface area contributed by atoms with Crippen molar-refractivity contribution in [3.8, 4) is 0 Å². The minimum atomic E-state index is 0.0204. The molecule has 0 saturated carbocycles. The van der Waals surface area contributed by atoms with Crippen LogP contribution in [0.5, 0.6) is 0 Å². The number of thioether (sulfide) groups is 1. The summed E-state index contributed by atoms with van der Waals surface area (Å²) in [5.41, 5.74) is 0.542. The van der Waals surface area contributed by atoms with Crippen molar-refractivity contribution >= 4 is 17.5 Å². The summed E-state index contributed by atoms with van der Waals surface area (Å²) >= 11 is 1.77. The Kier molecular flexibility index (Phi) is 3.96. The molecule has 0 spiro atoms. The Balaban J connectivity index is 2.64. The highest BCUT2D eigenvalue weighted by molar-refractivity contribution is 7.99. The lowest BCUT2D eigenvalue weighted by molar-refractivity contribution is 0.101. The molecule has 3 heteroatoms. The molecule has 13 heavy (non-hydrogen) atoms. The van der Waals surface area contributed by atoms with E-state index in [0.717, 1.165) is 17.1 Å². The van der Waals surface area contributed by atoms with E-state index in [9.17, 15) is 4.79 Å². The molecule has 0 bridgehead atoms. The molecule has 1 rings (SSSR count). The second-order valence-electron chi connectivity index (χ2n) is 2.78. The second kappa shape index (κ2) is 5.02. The van der Waals surface area contributed by atoms with E-state index in [-0.39, 0.29) is 5.78 Å². The number of rotatable bonds is 4. The summed E-state index contributed by atoms with van der Waals surface area (Å²) in [5.74, 6) is 1.12.